The summed E-state index contributed by atoms with van der Waals surface area (Å²) in [5.41, 5.74) is 2.05. The minimum Gasteiger partial charge on any atom is -0.492 e. The van der Waals surface area contributed by atoms with E-state index in [-0.39, 0.29) is 12.5 Å². The van der Waals surface area contributed by atoms with Gasteiger partial charge < -0.3 is 15.4 Å². The lowest BCUT2D eigenvalue weighted by molar-refractivity contribution is -0.119. The number of rotatable bonds is 7. The standard InChI is InChI=1S/C17H19BrN2O2/c1-13-11-14(7-8-16(13)18)20-12-17(21)19-9-10-22-15-5-3-2-4-6-15/h2-8,11,20H,9-10,12H2,1H3,(H,19,21). The molecule has 0 saturated carbocycles. The number of aryl methyl sites for hydroxylation is 1. The van der Waals surface area contributed by atoms with Gasteiger partial charge in [0.2, 0.25) is 5.91 Å². The van der Waals surface area contributed by atoms with E-state index in [2.05, 4.69) is 26.6 Å². The number of carbonyl (C=O) groups excluding carboxylic acids is 1. The van der Waals surface area contributed by atoms with Crippen molar-refractivity contribution in [3.8, 4) is 5.75 Å². The van der Waals surface area contributed by atoms with E-state index in [1.807, 2.05) is 55.5 Å². The van der Waals surface area contributed by atoms with Crippen LogP contribution in [0.4, 0.5) is 5.69 Å². The molecule has 2 N–H and O–H groups in total. The summed E-state index contributed by atoms with van der Waals surface area (Å²) in [5.74, 6) is 0.748. The van der Waals surface area contributed by atoms with Crippen molar-refractivity contribution in [2.45, 2.75) is 6.92 Å². The fourth-order valence-electron chi connectivity index (χ4n) is 1.88. The summed E-state index contributed by atoms with van der Waals surface area (Å²) < 4.78 is 6.56. The van der Waals surface area contributed by atoms with Crippen molar-refractivity contribution in [3.05, 3.63) is 58.6 Å². The molecule has 0 aliphatic rings. The highest BCUT2D eigenvalue weighted by atomic mass is 79.9. The van der Waals surface area contributed by atoms with Gasteiger partial charge in [-0.2, -0.15) is 0 Å². The summed E-state index contributed by atoms with van der Waals surface area (Å²) in [7, 11) is 0. The van der Waals surface area contributed by atoms with Crippen LogP contribution >= 0.6 is 15.9 Å². The Hall–Kier alpha value is -2.01. The molecule has 0 aromatic heterocycles. The molecule has 4 nitrogen and oxygen atoms in total. The number of carbonyl (C=O) groups is 1. The average molecular weight is 363 g/mol. The molecule has 0 aliphatic carbocycles. The highest BCUT2D eigenvalue weighted by molar-refractivity contribution is 9.10. The number of anilines is 1. The maximum absolute atomic E-state index is 11.7. The Morgan fingerprint density at radius 3 is 2.68 bits per heavy atom. The second kappa shape index (κ2) is 8.44. The molecule has 0 heterocycles. The molecule has 0 bridgehead atoms. The molecule has 2 aromatic rings. The van der Waals surface area contributed by atoms with Crippen LogP contribution in [-0.2, 0) is 4.79 Å². The van der Waals surface area contributed by atoms with Gasteiger partial charge in [-0.05, 0) is 42.8 Å². The number of para-hydroxylation sites is 1. The van der Waals surface area contributed by atoms with Crippen molar-refractivity contribution < 1.29 is 9.53 Å². The van der Waals surface area contributed by atoms with Crippen LogP contribution in [0.2, 0.25) is 0 Å². The van der Waals surface area contributed by atoms with E-state index in [0.717, 1.165) is 21.5 Å². The van der Waals surface area contributed by atoms with E-state index < -0.39 is 0 Å². The minimum absolute atomic E-state index is 0.0581. The van der Waals surface area contributed by atoms with E-state index in [4.69, 9.17) is 4.74 Å². The summed E-state index contributed by atoms with van der Waals surface area (Å²) in [6.07, 6.45) is 0. The van der Waals surface area contributed by atoms with Crippen LogP contribution in [0.25, 0.3) is 0 Å². The van der Waals surface area contributed by atoms with Gasteiger partial charge >= 0.3 is 0 Å². The Morgan fingerprint density at radius 2 is 1.95 bits per heavy atom. The van der Waals surface area contributed by atoms with E-state index >= 15 is 0 Å². The van der Waals surface area contributed by atoms with Gasteiger partial charge in [-0.1, -0.05) is 34.1 Å². The monoisotopic (exact) mass is 362 g/mol. The van der Waals surface area contributed by atoms with E-state index in [9.17, 15) is 4.79 Å². The zero-order valence-corrected chi connectivity index (χ0v) is 14.0. The Morgan fingerprint density at radius 1 is 1.18 bits per heavy atom. The van der Waals surface area contributed by atoms with Crippen molar-refractivity contribution in [1.82, 2.24) is 5.32 Å². The van der Waals surface area contributed by atoms with Crippen molar-refractivity contribution in [1.29, 1.82) is 0 Å². The lowest BCUT2D eigenvalue weighted by atomic mass is 10.2. The number of hydrogen-bond donors (Lipinski definition) is 2. The predicted molar refractivity (Wildman–Crippen MR) is 92.3 cm³/mol. The minimum atomic E-state index is -0.0581. The Bertz CT molecular complexity index is 617. The SMILES string of the molecule is Cc1cc(NCC(=O)NCCOc2ccccc2)ccc1Br. The van der Waals surface area contributed by atoms with Gasteiger partial charge in [0.25, 0.3) is 0 Å². The van der Waals surface area contributed by atoms with Crippen LogP contribution in [0, 0.1) is 6.92 Å². The molecule has 2 aromatic carbocycles. The van der Waals surface area contributed by atoms with Gasteiger partial charge in [-0.3, -0.25) is 4.79 Å². The topological polar surface area (TPSA) is 50.4 Å². The largest absolute Gasteiger partial charge is 0.492 e. The molecule has 0 spiro atoms. The van der Waals surface area contributed by atoms with E-state index in [0.29, 0.717) is 13.2 Å². The lowest BCUT2D eigenvalue weighted by Crippen LogP contribution is -2.33. The second-order valence-electron chi connectivity index (χ2n) is 4.83. The van der Waals surface area contributed by atoms with Crippen LogP contribution < -0.4 is 15.4 Å². The molecule has 0 radical (unpaired) electrons. The summed E-state index contributed by atoms with van der Waals surface area (Å²) in [5, 5.41) is 5.91. The van der Waals surface area contributed by atoms with Crippen LogP contribution in [0.3, 0.4) is 0 Å². The fraction of sp³-hybridized carbons (Fsp3) is 0.235. The highest BCUT2D eigenvalue weighted by Gasteiger charge is 2.02. The van der Waals surface area contributed by atoms with Crippen molar-refractivity contribution in [2.24, 2.45) is 0 Å². The third kappa shape index (κ3) is 5.41. The smallest absolute Gasteiger partial charge is 0.239 e. The van der Waals surface area contributed by atoms with E-state index in [1.54, 1.807) is 0 Å². The highest BCUT2D eigenvalue weighted by Crippen LogP contribution is 2.19. The Kier molecular flexibility index (Phi) is 6.27. The van der Waals surface area contributed by atoms with Crippen molar-refractivity contribution >= 4 is 27.5 Å². The zero-order valence-electron chi connectivity index (χ0n) is 12.4. The van der Waals surface area contributed by atoms with Gasteiger partial charge in [0.15, 0.2) is 0 Å². The summed E-state index contributed by atoms with van der Waals surface area (Å²) >= 11 is 3.45. The number of halogens is 1. The normalized spacial score (nSPS) is 10.1. The van der Waals surface area contributed by atoms with Gasteiger partial charge in [-0.15, -0.1) is 0 Å². The maximum Gasteiger partial charge on any atom is 0.239 e. The molecule has 116 valence electrons. The van der Waals surface area contributed by atoms with Gasteiger partial charge in [0.05, 0.1) is 13.1 Å². The summed E-state index contributed by atoms with van der Waals surface area (Å²) in [4.78, 5) is 11.7. The summed E-state index contributed by atoms with van der Waals surface area (Å²) in [6.45, 7) is 3.19. The number of hydrogen-bond acceptors (Lipinski definition) is 3. The van der Waals surface area contributed by atoms with Crippen LogP contribution in [0.15, 0.2) is 53.0 Å². The van der Waals surface area contributed by atoms with Crippen LogP contribution in [0.5, 0.6) is 5.75 Å². The molecule has 5 heteroatoms. The van der Waals surface area contributed by atoms with E-state index in [1.165, 1.54) is 0 Å². The third-order valence-corrected chi connectivity index (χ3v) is 3.94. The second-order valence-corrected chi connectivity index (χ2v) is 5.68. The lowest BCUT2D eigenvalue weighted by Gasteiger charge is -2.10. The molecule has 0 aliphatic heterocycles. The number of ether oxygens (including phenoxy) is 1. The molecule has 0 unspecified atom stereocenters. The number of amides is 1. The molecule has 0 fully saturated rings. The van der Waals surface area contributed by atoms with Gasteiger partial charge in [-0.25, -0.2) is 0 Å². The molecule has 2 rings (SSSR count). The van der Waals surface area contributed by atoms with Gasteiger partial charge in [0, 0.05) is 10.2 Å². The maximum atomic E-state index is 11.7. The zero-order chi connectivity index (χ0) is 15.8. The third-order valence-electron chi connectivity index (χ3n) is 3.05. The quantitative estimate of drug-likeness (QED) is 0.742. The first kappa shape index (κ1) is 16.4. The molecule has 0 atom stereocenters. The van der Waals surface area contributed by atoms with Crippen molar-refractivity contribution in [3.63, 3.8) is 0 Å². The van der Waals surface area contributed by atoms with Crippen molar-refractivity contribution in [2.75, 3.05) is 25.0 Å². The van der Waals surface area contributed by atoms with Crippen LogP contribution in [0.1, 0.15) is 5.56 Å². The number of nitrogens with one attached hydrogen (secondary N) is 2. The molecule has 0 saturated heterocycles. The van der Waals surface area contributed by atoms with Crippen LogP contribution in [-0.4, -0.2) is 25.6 Å². The average Bonchev–Trinajstić information content (AvgIpc) is 2.54. The predicted octanol–water partition coefficient (Wildman–Crippen LogP) is 3.36. The molecule has 1 amide bonds. The first-order valence-electron chi connectivity index (χ1n) is 7.10. The number of benzene rings is 2. The molecular formula is C17H19BrN2O2. The first-order chi connectivity index (χ1) is 10.6. The molecular weight excluding hydrogens is 344 g/mol. The fourth-order valence-corrected chi connectivity index (χ4v) is 2.12. The Labute approximate surface area is 139 Å². The Balaban J connectivity index is 1.64. The summed E-state index contributed by atoms with van der Waals surface area (Å²) in [6, 6.07) is 15.4. The first-order valence-corrected chi connectivity index (χ1v) is 7.89. The molecule has 22 heavy (non-hydrogen) atoms. The van der Waals surface area contributed by atoms with Gasteiger partial charge in [0.1, 0.15) is 12.4 Å².